The summed E-state index contributed by atoms with van der Waals surface area (Å²) in [7, 11) is 0. The fourth-order valence-electron chi connectivity index (χ4n) is 3.33. The van der Waals surface area contributed by atoms with Crippen molar-refractivity contribution < 1.29 is 13.2 Å². The van der Waals surface area contributed by atoms with E-state index in [4.69, 9.17) is 0 Å². The van der Waals surface area contributed by atoms with Crippen LogP contribution in [0.1, 0.15) is 16.8 Å². The SMILES string of the molecule is Cc1cc(N2CCc3ccccc32)c2ccc(C(F)(F)F)cc2n1. The molecule has 0 spiro atoms. The number of hydrogen-bond acceptors (Lipinski definition) is 2. The van der Waals surface area contributed by atoms with Crippen LogP contribution in [0.4, 0.5) is 24.5 Å². The van der Waals surface area contributed by atoms with Crippen molar-refractivity contribution in [3.63, 3.8) is 0 Å². The number of anilines is 2. The van der Waals surface area contributed by atoms with Gasteiger partial charge in [0.15, 0.2) is 0 Å². The average Bonchev–Trinajstić information content (AvgIpc) is 2.96. The molecule has 0 saturated heterocycles. The predicted molar refractivity (Wildman–Crippen MR) is 88.6 cm³/mol. The molecule has 24 heavy (non-hydrogen) atoms. The third-order valence-electron chi connectivity index (χ3n) is 4.42. The number of nitrogens with zero attached hydrogens (tertiary/aromatic N) is 2. The highest BCUT2D eigenvalue weighted by Gasteiger charge is 2.31. The molecule has 0 unspecified atom stereocenters. The summed E-state index contributed by atoms with van der Waals surface area (Å²) in [5, 5.41) is 0.741. The zero-order valence-corrected chi connectivity index (χ0v) is 13.1. The Morgan fingerprint density at radius 3 is 2.58 bits per heavy atom. The van der Waals surface area contributed by atoms with E-state index in [0.717, 1.165) is 41.9 Å². The highest BCUT2D eigenvalue weighted by Crippen LogP contribution is 2.39. The number of aromatic nitrogens is 1. The van der Waals surface area contributed by atoms with Crippen LogP contribution in [0.3, 0.4) is 0 Å². The van der Waals surface area contributed by atoms with Crippen molar-refractivity contribution >= 4 is 22.3 Å². The molecule has 0 radical (unpaired) electrons. The maximum atomic E-state index is 13.0. The van der Waals surface area contributed by atoms with Gasteiger partial charge in [-0.05, 0) is 43.2 Å². The van der Waals surface area contributed by atoms with E-state index in [9.17, 15) is 13.2 Å². The molecule has 2 nitrogen and oxygen atoms in total. The van der Waals surface area contributed by atoms with Crippen molar-refractivity contribution in [3.05, 3.63) is 65.4 Å². The minimum Gasteiger partial charge on any atom is -0.340 e. The van der Waals surface area contributed by atoms with Crippen LogP contribution in [0.15, 0.2) is 48.5 Å². The topological polar surface area (TPSA) is 16.1 Å². The minimum atomic E-state index is -4.36. The average molecular weight is 328 g/mol. The number of para-hydroxylation sites is 1. The highest BCUT2D eigenvalue weighted by molar-refractivity contribution is 5.95. The van der Waals surface area contributed by atoms with E-state index >= 15 is 0 Å². The number of halogens is 3. The fourth-order valence-corrected chi connectivity index (χ4v) is 3.33. The molecule has 0 atom stereocenters. The van der Waals surface area contributed by atoms with E-state index in [1.807, 2.05) is 31.2 Å². The Bertz CT molecular complexity index is 932. The molecule has 122 valence electrons. The maximum Gasteiger partial charge on any atom is 0.416 e. The minimum absolute atomic E-state index is 0.379. The third-order valence-corrected chi connectivity index (χ3v) is 4.42. The number of rotatable bonds is 1. The molecule has 0 N–H and O–H groups in total. The smallest absolute Gasteiger partial charge is 0.340 e. The van der Waals surface area contributed by atoms with Gasteiger partial charge in [-0.3, -0.25) is 4.98 Å². The van der Waals surface area contributed by atoms with Gasteiger partial charge in [0, 0.05) is 23.3 Å². The number of pyridine rings is 1. The van der Waals surface area contributed by atoms with Crippen molar-refractivity contribution in [2.24, 2.45) is 0 Å². The summed E-state index contributed by atoms with van der Waals surface area (Å²) in [6.45, 7) is 2.63. The van der Waals surface area contributed by atoms with Gasteiger partial charge in [0.25, 0.3) is 0 Å². The molecule has 2 aromatic carbocycles. The summed E-state index contributed by atoms with van der Waals surface area (Å²) < 4.78 is 38.9. The zero-order valence-electron chi connectivity index (χ0n) is 13.1. The lowest BCUT2D eigenvalue weighted by Crippen LogP contribution is -2.14. The molecule has 3 aromatic rings. The molecular weight excluding hydrogens is 313 g/mol. The molecule has 2 heterocycles. The van der Waals surface area contributed by atoms with Crippen LogP contribution in [0.25, 0.3) is 10.9 Å². The Balaban J connectivity index is 1.91. The molecule has 0 fully saturated rings. The highest BCUT2D eigenvalue weighted by atomic mass is 19.4. The second-order valence-corrected chi connectivity index (χ2v) is 6.04. The van der Waals surface area contributed by atoms with Gasteiger partial charge in [0.05, 0.1) is 16.8 Å². The molecule has 1 aromatic heterocycles. The van der Waals surface area contributed by atoms with Gasteiger partial charge in [-0.25, -0.2) is 0 Å². The standard InChI is InChI=1S/C19H15F3N2/c1-12-10-18(24-9-8-13-4-2-3-5-17(13)24)15-7-6-14(19(20,21)22)11-16(15)23-12/h2-7,10-11H,8-9H2,1H3. The Morgan fingerprint density at radius 2 is 1.79 bits per heavy atom. The summed E-state index contributed by atoms with van der Waals surface area (Å²) in [6.07, 6.45) is -3.43. The number of hydrogen-bond donors (Lipinski definition) is 0. The summed E-state index contributed by atoms with van der Waals surface area (Å²) >= 11 is 0. The first kappa shape index (κ1) is 15.0. The van der Waals surface area contributed by atoms with E-state index in [0.29, 0.717) is 11.2 Å². The van der Waals surface area contributed by atoms with Crippen molar-refractivity contribution in [1.82, 2.24) is 4.98 Å². The first-order chi connectivity index (χ1) is 11.4. The lowest BCUT2D eigenvalue weighted by atomic mass is 10.1. The summed E-state index contributed by atoms with van der Waals surface area (Å²) in [6, 6.07) is 13.9. The number of aryl methyl sites for hydroxylation is 1. The van der Waals surface area contributed by atoms with E-state index in [-0.39, 0.29) is 0 Å². The number of fused-ring (bicyclic) bond motifs is 2. The first-order valence-electron chi connectivity index (χ1n) is 7.77. The van der Waals surface area contributed by atoms with E-state index in [1.165, 1.54) is 11.6 Å². The van der Waals surface area contributed by atoms with Crippen molar-refractivity contribution in [2.75, 3.05) is 11.4 Å². The van der Waals surface area contributed by atoms with Gasteiger partial charge < -0.3 is 4.90 Å². The van der Waals surface area contributed by atoms with Crippen molar-refractivity contribution in [2.45, 2.75) is 19.5 Å². The van der Waals surface area contributed by atoms with Gasteiger partial charge in [-0.2, -0.15) is 13.2 Å². The van der Waals surface area contributed by atoms with Crippen molar-refractivity contribution in [1.29, 1.82) is 0 Å². The molecule has 0 amide bonds. The molecule has 4 rings (SSSR count). The third kappa shape index (κ3) is 2.40. The fraction of sp³-hybridized carbons (Fsp3) is 0.211. The number of benzene rings is 2. The predicted octanol–water partition coefficient (Wildman–Crippen LogP) is 5.26. The first-order valence-corrected chi connectivity index (χ1v) is 7.77. The maximum absolute atomic E-state index is 13.0. The molecule has 0 bridgehead atoms. The second kappa shape index (κ2) is 5.23. The van der Waals surface area contributed by atoms with Crippen molar-refractivity contribution in [3.8, 4) is 0 Å². The summed E-state index contributed by atoms with van der Waals surface area (Å²) in [5.41, 5.74) is 3.71. The van der Waals surface area contributed by atoms with Crippen LogP contribution in [0, 0.1) is 6.92 Å². The van der Waals surface area contributed by atoms with E-state index < -0.39 is 11.7 Å². The van der Waals surface area contributed by atoms with E-state index in [2.05, 4.69) is 16.0 Å². The zero-order chi connectivity index (χ0) is 16.9. The largest absolute Gasteiger partial charge is 0.416 e. The van der Waals surface area contributed by atoms with Gasteiger partial charge >= 0.3 is 6.18 Å². The van der Waals surface area contributed by atoms with Crippen LogP contribution in [0.2, 0.25) is 0 Å². The molecule has 0 aliphatic carbocycles. The van der Waals surface area contributed by atoms with Gasteiger partial charge in [-0.1, -0.05) is 24.3 Å². The van der Waals surface area contributed by atoms with Crippen LogP contribution < -0.4 is 4.90 Å². The lowest BCUT2D eigenvalue weighted by molar-refractivity contribution is -0.137. The molecular formula is C19H15F3N2. The molecule has 5 heteroatoms. The van der Waals surface area contributed by atoms with Gasteiger partial charge in [-0.15, -0.1) is 0 Å². The molecule has 0 saturated carbocycles. The summed E-state index contributed by atoms with van der Waals surface area (Å²) in [5.74, 6) is 0. The number of alkyl halides is 3. The molecule has 1 aliphatic heterocycles. The summed E-state index contributed by atoms with van der Waals surface area (Å²) in [4.78, 5) is 6.48. The van der Waals surface area contributed by atoms with Gasteiger partial charge in [0.2, 0.25) is 0 Å². The van der Waals surface area contributed by atoms with Crippen LogP contribution in [0.5, 0.6) is 0 Å². The van der Waals surface area contributed by atoms with Crippen LogP contribution >= 0.6 is 0 Å². The van der Waals surface area contributed by atoms with Gasteiger partial charge in [0.1, 0.15) is 0 Å². The van der Waals surface area contributed by atoms with E-state index in [1.54, 1.807) is 0 Å². The Hall–Kier alpha value is -2.56. The quantitative estimate of drug-likeness (QED) is 0.606. The Morgan fingerprint density at radius 1 is 1.00 bits per heavy atom. The van der Waals surface area contributed by atoms with Crippen LogP contribution in [-0.4, -0.2) is 11.5 Å². The molecule has 1 aliphatic rings. The Labute approximate surface area is 137 Å². The normalized spacial score (nSPS) is 14.2. The monoisotopic (exact) mass is 328 g/mol. The van der Waals surface area contributed by atoms with Crippen LogP contribution in [-0.2, 0) is 12.6 Å². The lowest BCUT2D eigenvalue weighted by Gasteiger charge is -2.22. The Kier molecular flexibility index (Phi) is 3.27. The second-order valence-electron chi connectivity index (χ2n) is 6.04.